The average Bonchev–Trinajstić information content (AvgIpc) is 1.82. The zero-order chi connectivity index (χ0) is 10.9. The van der Waals surface area contributed by atoms with Crippen LogP contribution in [0.5, 0.6) is 0 Å². The predicted molar refractivity (Wildman–Crippen MR) is 31.9 cm³/mol. The summed E-state index contributed by atoms with van der Waals surface area (Å²) in [5.74, 6) is 0. The highest BCUT2D eigenvalue weighted by molar-refractivity contribution is 5.09. The van der Waals surface area contributed by atoms with Crippen molar-refractivity contribution in [1.82, 2.24) is 0 Å². The number of hydrogen-bond donors (Lipinski definition) is 1. The van der Waals surface area contributed by atoms with Gasteiger partial charge in [-0.2, -0.15) is 26.3 Å². The first-order chi connectivity index (χ1) is 5.55. The topological polar surface area (TPSA) is 20.2 Å². The molecule has 0 aliphatic heterocycles. The summed E-state index contributed by atoms with van der Waals surface area (Å²) in [6.07, 6.45) is -13.3. The van der Waals surface area contributed by atoms with E-state index >= 15 is 0 Å². The largest absolute Gasteiger partial charge is 0.417 e. The van der Waals surface area contributed by atoms with Crippen LogP contribution in [0, 0.1) is 0 Å². The Hall–Kier alpha value is -0.720. The van der Waals surface area contributed by atoms with Gasteiger partial charge in [0.25, 0.3) is 0 Å². The predicted octanol–water partition coefficient (Wildman–Crippen LogP) is 2.42. The molecule has 1 N–H and O–H groups in total. The van der Waals surface area contributed by atoms with Crippen molar-refractivity contribution in [3.8, 4) is 0 Å². The Kier molecular flexibility index (Phi) is 3.37. The fourth-order valence-corrected chi connectivity index (χ4v) is 0.426. The summed E-state index contributed by atoms with van der Waals surface area (Å²) in [6, 6.07) is 0. The smallest absolute Gasteiger partial charge is 0.380 e. The van der Waals surface area contributed by atoms with E-state index in [1.807, 2.05) is 0 Å². The van der Waals surface area contributed by atoms with Crippen molar-refractivity contribution in [2.24, 2.45) is 0 Å². The Balaban J connectivity index is 4.59. The van der Waals surface area contributed by atoms with Crippen LogP contribution in [0.4, 0.5) is 26.3 Å². The standard InChI is InChI=1S/C6H6F6O/c1-3(5(7,8)9)2-4(13)6(10,11)12/h2,4,13H,1H3. The van der Waals surface area contributed by atoms with Crippen LogP contribution in [-0.4, -0.2) is 23.6 Å². The molecule has 1 nitrogen and oxygen atoms in total. The minimum Gasteiger partial charge on any atom is -0.380 e. The minimum absolute atomic E-state index is 0.278. The SMILES string of the molecule is CC(=CC(O)C(F)(F)F)C(F)(F)F. The minimum atomic E-state index is -5.06. The zero-order valence-corrected chi connectivity index (χ0v) is 6.37. The monoisotopic (exact) mass is 208 g/mol. The first kappa shape index (κ1) is 12.3. The Morgan fingerprint density at radius 1 is 1.15 bits per heavy atom. The van der Waals surface area contributed by atoms with Gasteiger partial charge in [0, 0.05) is 5.57 Å². The normalized spacial score (nSPS) is 17.4. The van der Waals surface area contributed by atoms with Crippen LogP contribution in [0.2, 0.25) is 0 Å². The summed E-state index contributed by atoms with van der Waals surface area (Å²) < 4.78 is 69.6. The van der Waals surface area contributed by atoms with Crippen LogP contribution in [-0.2, 0) is 0 Å². The summed E-state index contributed by atoms with van der Waals surface area (Å²) in [4.78, 5) is 0. The van der Waals surface area contributed by atoms with E-state index in [4.69, 9.17) is 5.11 Å². The van der Waals surface area contributed by atoms with Gasteiger partial charge < -0.3 is 5.11 Å². The molecule has 0 saturated heterocycles. The number of halogens is 6. The number of rotatable bonds is 1. The molecule has 78 valence electrons. The first-order valence-electron chi connectivity index (χ1n) is 3.05. The highest BCUT2D eigenvalue weighted by Crippen LogP contribution is 2.28. The maximum absolute atomic E-state index is 11.7. The second-order valence-corrected chi connectivity index (χ2v) is 2.33. The van der Waals surface area contributed by atoms with Gasteiger partial charge in [-0.1, -0.05) is 0 Å². The van der Waals surface area contributed by atoms with Crippen LogP contribution in [0.25, 0.3) is 0 Å². The Morgan fingerprint density at radius 3 is 1.77 bits per heavy atom. The lowest BCUT2D eigenvalue weighted by molar-refractivity contribution is -0.188. The lowest BCUT2D eigenvalue weighted by Gasteiger charge is -2.13. The van der Waals surface area contributed by atoms with Gasteiger partial charge in [0.15, 0.2) is 6.10 Å². The fraction of sp³-hybridized carbons (Fsp3) is 0.667. The van der Waals surface area contributed by atoms with Crippen molar-refractivity contribution in [3.05, 3.63) is 11.6 Å². The third-order valence-corrected chi connectivity index (χ3v) is 1.19. The van der Waals surface area contributed by atoms with E-state index in [2.05, 4.69) is 0 Å². The average molecular weight is 208 g/mol. The van der Waals surface area contributed by atoms with E-state index in [-0.39, 0.29) is 6.08 Å². The molecule has 13 heavy (non-hydrogen) atoms. The molecule has 7 heteroatoms. The van der Waals surface area contributed by atoms with Gasteiger partial charge >= 0.3 is 12.4 Å². The number of allylic oxidation sites excluding steroid dienone is 1. The van der Waals surface area contributed by atoms with Crippen molar-refractivity contribution >= 4 is 0 Å². The van der Waals surface area contributed by atoms with Gasteiger partial charge in [-0.25, -0.2) is 0 Å². The van der Waals surface area contributed by atoms with E-state index in [0.29, 0.717) is 6.92 Å². The molecule has 1 unspecified atom stereocenters. The third-order valence-electron chi connectivity index (χ3n) is 1.19. The second kappa shape index (κ2) is 3.57. The van der Waals surface area contributed by atoms with Crippen molar-refractivity contribution in [2.75, 3.05) is 0 Å². The quantitative estimate of drug-likeness (QED) is 0.518. The van der Waals surface area contributed by atoms with E-state index in [9.17, 15) is 26.3 Å². The van der Waals surface area contributed by atoms with Crippen LogP contribution >= 0.6 is 0 Å². The van der Waals surface area contributed by atoms with E-state index in [1.54, 1.807) is 0 Å². The van der Waals surface area contributed by atoms with Crippen LogP contribution in [0.3, 0.4) is 0 Å². The molecule has 0 heterocycles. The molecular formula is C6H6F6O. The number of alkyl halides is 6. The van der Waals surface area contributed by atoms with Gasteiger partial charge in [-0.3, -0.25) is 0 Å². The van der Waals surface area contributed by atoms with Gasteiger partial charge in [0.1, 0.15) is 0 Å². The van der Waals surface area contributed by atoms with Crippen LogP contribution in [0.15, 0.2) is 11.6 Å². The van der Waals surface area contributed by atoms with Crippen molar-refractivity contribution in [2.45, 2.75) is 25.4 Å². The Morgan fingerprint density at radius 2 is 1.54 bits per heavy atom. The van der Waals surface area contributed by atoms with Crippen LogP contribution < -0.4 is 0 Å². The number of aliphatic hydroxyl groups is 1. The molecule has 0 aliphatic rings. The van der Waals surface area contributed by atoms with Crippen molar-refractivity contribution in [3.63, 3.8) is 0 Å². The summed E-state index contributed by atoms with van der Waals surface area (Å²) in [7, 11) is 0. The molecule has 1 atom stereocenters. The molecule has 0 bridgehead atoms. The zero-order valence-electron chi connectivity index (χ0n) is 6.37. The van der Waals surface area contributed by atoms with Gasteiger partial charge in [0.05, 0.1) is 0 Å². The molecule has 0 aromatic carbocycles. The van der Waals surface area contributed by atoms with Gasteiger partial charge in [0.2, 0.25) is 0 Å². The molecule has 0 aromatic rings. The number of aliphatic hydroxyl groups excluding tert-OH is 1. The van der Waals surface area contributed by atoms with Gasteiger partial charge in [-0.15, -0.1) is 0 Å². The lowest BCUT2D eigenvalue weighted by Crippen LogP contribution is -2.27. The second-order valence-electron chi connectivity index (χ2n) is 2.33. The summed E-state index contributed by atoms with van der Waals surface area (Å²) >= 11 is 0. The molecule has 0 aliphatic carbocycles. The number of hydrogen-bond acceptors (Lipinski definition) is 1. The van der Waals surface area contributed by atoms with Crippen molar-refractivity contribution in [1.29, 1.82) is 0 Å². The highest BCUT2D eigenvalue weighted by Gasteiger charge is 2.39. The molecular weight excluding hydrogens is 202 g/mol. The van der Waals surface area contributed by atoms with Crippen LogP contribution in [0.1, 0.15) is 6.92 Å². The molecule has 0 amide bonds. The highest BCUT2D eigenvalue weighted by atomic mass is 19.4. The lowest BCUT2D eigenvalue weighted by atomic mass is 10.2. The third kappa shape index (κ3) is 4.16. The summed E-state index contributed by atoms with van der Waals surface area (Å²) in [5, 5.41) is 8.22. The maximum atomic E-state index is 11.7. The Labute approximate surface area is 69.7 Å². The molecule has 0 aromatic heterocycles. The van der Waals surface area contributed by atoms with Crippen molar-refractivity contribution < 1.29 is 31.4 Å². The maximum Gasteiger partial charge on any atom is 0.417 e. The molecule has 0 fully saturated rings. The Bertz CT molecular complexity index is 200. The van der Waals surface area contributed by atoms with E-state index in [0.717, 1.165) is 0 Å². The molecule has 0 rings (SSSR count). The summed E-state index contributed by atoms with van der Waals surface area (Å²) in [5.41, 5.74) is -1.47. The van der Waals surface area contributed by atoms with E-state index in [1.165, 1.54) is 0 Å². The molecule has 0 radical (unpaired) electrons. The summed E-state index contributed by atoms with van der Waals surface area (Å²) in [6.45, 7) is 0.453. The molecule has 0 spiro atoms. The van der Waals surface area contributed by atoms with E-state index < -0.39 is 24.0 Å². The fourth-order valence-electron chi connectivity index (χ4n) is 0.426. The first-order valence-corrected chi connectivity index (χ1v) is 3.05. The molecule has 0 saturated carbocycles. The van der Waals surface area contributed by atoms with Gasteiger partial charge in [-0.05, 0) is 13.0 Å².